The summed E-state index contributed by atoms with van der Waals surface area (Å²) >= 11 is 0. The van der Waals surface area contributed by atoms with Crippen LogP contribution in [0, 0.1) is 0 Å². The van der Waals surface area contributed by atoms with Crippen molar-refractivity contribution in [3.63, 3.8) is 0 Å². The lowest BCUT2D eigenvalue weighted by Gasteiger charge is -2.24. The fraction of sp³-hybridized carbons (Fsp3) is 0.455. The van der Waals surface area contributed by atoms with Gasteiger partial charge >= 0.3 is 0 Å². The van der Waals surface area contributed by atoms with E-state index in [0.717, 1.165) is 5.56 Å². The largest absolute Gasteiger partial charge is 0.508 e. The fourth-order valence-electron chi connectivity index (χ4n) is 1.97. The summed E-state index contributed by atoms with van der Waals surface area (Å²) in [5.41, 5.74) is 0.739. The summed E-state index contributed by atoms with van der Waals surface area (Å²) < 4.78 is 13.1. The second-order valence-corrected chi connectivity index (χ2v) is 4.06. The van der Waals surface area contributed by atoms with Gasteiger partial charge in [0.2, 0.25) is 0 Å². The summed E-state index contributed by atoms with van der Waals surface area (Å²) in [6.07, 6.45) is -0.272. The third kappa shape index (κ3) is 2.41. The Morgan fingerprint density at radius 2 is 2.00 bits per heavy atom. The molecule has 1 aromatic rings. The summed E-state index contributed by atoms with van der Waals surface area (Å²) in [6, 6.07) is 6.93. The molecule has 2 unspecified atom stereocenters. The summed E-state index contributed by atoms with van der Waals surface area (Å²) in [7, 11) is 0. The number of benzene rings is 1. The minimum Gasteiger partial charge on any atom is -0.508 e. The van der Waals surface area contributed by atoms with Crippen molar-refractivity contribution in [2.75, 3.05) is 6.54 Å². The third-order valence-corrected chi connectivity index (χ3v) is 2.85. The van der Waals surface area contributed by atoms with Crippen molar-refractivity contribution in [3.05, 3.63) is 29.8 Å². The molecule has 0 spiro atoms. The number of aromatic hydroxyl groups is 1. The lowest BCUT2D eigenvalue weighted by atomic mass is 9.90. The first kappa shape index (κ1) is 12.3. The molecule has 4 heteroatoms. The van der Waals surface area contributed by atoms with Crippen LogP contribution in [0.1, 0.15) is 18.9 Å². The first-order valence-electron chi connectivity index (χ1n) is 4.79. The molecule has 2 rings (SSSR count). The Bertz CT molecular complexity index is 330. The van der Waals surface area contributed by atoms with E-state index < -0.39 is 6.17 Å². The van der Waals surface area contributed by atoms with Gasteiger partial charge in [-0.15, -0.1) is 12.4 Å². The summed E-state index contributed by atoms with van der Waals surface area (Å²) in [5.74, 6) is 0.243. The number of alkyl halides is 1. The van der Waals surface area contributed by atoms with Gasteiger partial charge in [-0.1, -0.05) is 12.1 Å². The molecule has 0 saturated carbocycles. The molecular formula is C11H15ClFNO. The smallest absolute Gasteiger partial charge is 0.115 e. The van der Waals surface area contributed by atoms with Crippen LogP contribution in [0.25, 0.3) is 0 Å². The molecule has 0 aliphatic carbocycles. The Morgan fingerprint density at radius 1 is 1.40 bits per heavy atom. The normalized spacial score (nSPS) is 29.9. The van der Waals surface area contributed by atoms with Crippen LogP contribution in [-0.2, 0) is 5.54 Å². The highest BCUT2D eigenvalue weighted by Gasteiger charge is 2.35. The maximum atomic E-state index is 13.1. The molecule has 1 saturated heterocycles. The average molecular weight is 232 g/mol. The zero-order valence-electron chi connectivity index (χ0n) is 8.53. The highest BCUT2D eigenvalue weighted by molar-refractivity contribution is 5.85. The number of phenolic OH excluding ortho intramolecular Hbond substituents is 1. The second kappa shape index (κ2) is 4.37. The third-order valence-electron chi connectivity index (χ3n) is 2.85. The number of rotatable bonds is 1. The molecule has 15 heavy (non-hydrogen) atoms. The van der Waals surface area contributed by atoms with Gasteiger partial charge in [0.05, 0.1) is 0 Å². The van der Waals surface area contributed by atoms with E-state index in [1.807, 2.05) is 19.1 Å². The Kier molecular flexibility index (Phi) is 3.58. The van der Waals surface area contributed by atoms with Crippen LogP contribution in [0.3, 0.4) is 0 Å². The van der Waals surface area contributed by atoms with Gasteiger partial charge in [-0.2, -0.15) is 0 Å². The maximum absolute atomic E-state index is 13.1. The minimum atomic E-state index is -0.770. The van der Waals surface area contributed by atoms with Crippen molar-refractivity contribution in [3.8, 4) is 5.75 Å². The van der Waals surface area contributed by atoms with E-state index >= 15 is 0 Å². The molecule has 1 aliphatic heterocycles. The maximum Gasteiger partial charge on any atom is 0.115 e. The van der Waals surface area contributed by atoms with E-state index in [1.54, 1.807) is 12.1 Å². The molecule has 2 nitrogen and oxygen atoms in total. The van der Waals surface area contributed by atoms with E-state index in [2.05, 4.69) is 5.32 Å². The lowest BCUT2D eigenvalue weighted by Crippen LogP contribution is -2.32. The van der Waals surface area contributed by atoms with Gasteiger partial charge in [0.1, 0.15) is 11.9 Å². The molecule has 84 valence electrons. The second-order valence-electron chi connectivity index (χ2n) is 4.06. The highest BCUT2D eigenvalue weighted by Crippen LogP contribution is 2.32. The molecule has 0 bridgehead atoms. The summed E-state index contributed by atoms with van der Waals surface area (Å²) in [6.45, 7) is 2.40. The molecule has 2 N–H and O–H groups in total. The van der Waals surface area contributed by atoms with Crippen LogP contribution < -0.4 is 5.32 Å². The fourth-order valence-corrected chi connectivity index (χ4v) is 1.97. The van der Waals surface area contributed by atoms with Crippen molar-refractivity contribution in [2.45, 2.75) is 25.1 Å². The van der Waals surface area contributed by atoms with Crippen molar-refractivity contribution in [1.82, 2.24) is 5.32 Å². The molecule has 1 fully saturated rings. The van der Waals surface area contributed by atoms with Gasteiger partial charge in [-0.25, -0.2) is 4.39 Å². The van der Waals surface area contributed by atoms with Crippen LogP contribution in [0.2, 0.25) is 0 Å². The molecule has 1 aromatic carbocycles. The lowest BCUT2D eigenvalue weighted by molar-refractivity contribution is 0.333. The Balaban J connectivity index is 0.00000112. The predicted octanol–water partition coefficient (Wildman–Crippen LogP) is 2.36. The van der Waals surface area contributed by atoms with Crippen molar-refractivity contribution in [2.24, 2.45) is 0 Å². The zero-order valence-corrected chi connectivity index (χ0v) is 9.35. The van der Waals surface area contributed by atoms with Crippen molar-refractivity contribution in [1.29, 1.82) is 0 Å². The minimum absolute atomic E-state index is 0. The monoisotopic (exact) mass is 231 g/mol. The molecule has 2 atom stereocenters. The number of nitrogens with one attached hydrogen (secondary N) is 1. The molecule has 1 aliphatic rings. The number of halogens is 2. The van der Waals surface area contributed by atoms with Crippen molar-refractivity contribution < 1.29 is 9.50 Å². The van der Waals surface area contributed by atoms with Crippen LogP contribution in [-0.4, -0.2) is 17.8 Å². The van der Waals surface area contributed by atoms with Gasteiger partial charge in [0.25, 0.3) is 0 Å². The Morgan fingerprint density at radius 3 is 2.47 bits per heavy atom. The summed E-state index contributed by atoms with van der Waals surface area (Å²) in [4.78, 5) is 0. The van der Waals surface area contributed by atoms with Gasteiger partial charge in [0.15, 0.2) is 0 Å². The first-order chi connectivity index (χ1) is 6.60. The van der Waals surface area contributed by atoms with Gasteiger partial charge in [-0.3, -0.25) is 0 Å². The molecule has 0 aromatic heterocycles. The van der Waals surface area contributed by atoms with E-state index in [-0.39, 0.29) is 23.7 Å². The number of hydrogen-bond acceptors (Lipinski definition) is 2. The molecule has 0 radical (unpaired) electrons. The van der Waals surface area contributed by atoms with Crippen LogP contribution in [0.4, 0.5) is 4.39 Å². The van der Waals surface area contributed by atoms with Gasteiger partial charge < -0.3 is 10.4 Å². The van der Waals surface area contributed by atoms with Crippen molar-refractivity contribution >= 4 is 12.4 Å². The molecule has 0 amide bonds. The quantitative estimate of drug-likeness (QED) is 0.778. The van der Waals surface area contributed by atoms with Crippen LogP contribution >= 0.6 is 12.4 Å². The standard InChI is InChI=1S/C11H14FNO.ClH/c1-11(6-9(12)7-13-11)8-2-4-10(14)5-3-8;/h2-5,9,13-14H,6-7H2,1H3;1H. The topological polar surface area (TPSA) is 32.3 Å². The van der Waals surface area contributed by atoms with E-state index in [4.69, 9.17) is 5.11 Å². The average Bonchev–Trinajstić information content (AvgIpc) is 2.48. The van der Waals surface area contributed by atoms with E-state index in [1.165, 1.54) is 0 Å². The van der Waals surface area contributed by atoms with Gasteiger partial charge in [0, 0.05) is 18.5 Å². The molecular weight excluding hydrogens is 217 g/mol. The first-order valence-corrected chi connectivity index (χ1v) is 4.79. The van der Waals surface area contributed by atoms with Crippen LogP contribution in [0.5, 0.6) is 5.75 Å². The molecule has 1 heterocycles. The van der Waals surface area contributed by atoms with E-state index in [0.29, 0.717) is 13.0 Å². The SMILES string of the molecule is CC1(c2ccc(O)cc2)CC(F)CN1.Cl. The number of phenols is 1. The van der Waals surface area contributed by atoms with Gasteiger partial charge in [-0.05, 0) is 24.6 Å². The zero-order chi connectivity index (χ0) is 10.2. The summed E-state index contributed by atoms with van der Waals surface area (Å²) in [5, 5.41) is 12.3. The Hall–Kier alpha value is -0.800. The predicted molar refractivity (Wildman–Crippen MR) is 60.2 cm³/mol. The van der Waals surface area contributed by atoms with Crippen LogP contribution in [0.15, 0.2) is 24.3 Å². The number of hydrogen-bond donors (Lipinski definition) is 2. The Labute approximate surface area is 94.9 Å². The highest BCUT2D eigenvalue weighted by atomic mass is 35.5. The van der Waals surface area contributed by atoms with E-state index in [9.17, 15) is 4.39 Å².